The van der Waals surface area contributed by atoms with Crippen LogP contribution < -0.4 is 5.32 Å². The summed E-state index contributed by atoms with van der Waals surface area (Å²) in [7, 11) is 0. The van der Waals surface area contributed by atoms with Gasteiger partial charge in [0.15, 0.2) is 0 Å². The standard InChI is InChI=1S/C25H19N3OS2/c1-16-9-11-18(12-10-16)20-13-30-24-23(20)25(27-15-26-24)31-14-22(29)28-21-8-4-6-17-5-2-3-7-19(17)21/h2-13,15H,14H2,1H3,(H,28,29). The summed E-state index contributed by atoms with van der Waals surface area (Å²) < 4.78 is 0. The van der Waals surface area contributed by atoms with Crippen LogP contribution in [-0.4, -0.2) is 21.6 Å². The van der Waals surface area contributed by atoms with E-state index < -0.39 is 0 Å². The van der Waals surface area contributed by atoms with E-state index in [0.29, 0.717) is 0 Å². The molecule has 0 atom stereocenters. The molecule has 2 heterocycles. The predicted molar refractivity (Wildman–Crippen MR) is 131 cm³/mol. The largest absolute Gasteiger partial charge is 0.325 e. The van der Waals surface area contributed by atoms with Crippen molar-refractivity contribution in [1.82, 2.24) is 9.97 Å². The predicted octanol–water partition coefficient (Wildman–Crippen LogP) is 6.55. The maximum absolute atomic E-state index is 12.7. The van der Waals surface area contributed by atoms with Crippen LogP contribution in [0.2, 0.25) is 0 Å². The minimum absolute atomic E-state index is 0.0553. The second-order valence-corrected chi connectivity index (χ2v) is 9.06. The molecule has 4 nitrogen and oxygen atoms in total. The van der Waals surface area contributed by atoms with E-state index in [-0.39, 0.29) is 11.7 Å². The Kier molecular flexibility index (Phi) is 5.40. The van der Waals surface area contributed by atoms with Gasteiger partial charge in [-0.2, -0.15) is 0 Å². The molecule has 1 amide bonds. The molecule has 2 aromatic heterocycles. The molecule has 5 rings (SSSR count). The third-order valence-electron chi connectivity index (χ3n) is 5.10. The van der Waals surface area contributed by atoms with Gasteiger partial charge in [-0.15, -0.1) is 11.3 Å². The first-order valence-electron chi connectivity index (χ1n) is 9.89. The highest BCUT2D eigenvalue weighted by Gasteiger charge is 2.15. The quantitative estimate of drug-likeness (QED) is 0.248. The number of fused-ring (bicyclic) bond motifs is 2. The van der Waals surface area contributed by atoms with Crippen LogP contribution in [-0.2, 0) is 4.79 Å². The van der Waals surface area contributed by atoms with Crippen LogP contribution in [0, 0.1) is 6.92 Å². The van der Waals surface area contributed by atoms with Gasteiger partial charge >= 0.3 is 0 Å². The van der Waals surface area contributed by atoms with Gasteiger partial charge in [-0.3, -0.25) is 4.79 Å². The van der Waals surface area contributed by atoms with Gasteiger partial charge in [0.1, 0.15) is 16.2 Å². The van der Waals surface area contributed by atoms with E-state index in [2.05, 4.69) is 51.9 Å². The maximum Gasteiger partial charge on any atom is 0.234 e. The number of hydrogen-bond donors (Lipinski definition) is 1. The molecule has 0 aliphatic carbocycles. The highest BCUT2D eigenvalue weighted by molar-refractivity contribution is 8.00. The van der Waals surface area contributed by atoms with Gasteiger partial charge in [0.05, 0.1) is 11.1 Å². The van der Waals surface area contributed by atoms with E-state index in [0.717, 1.165) is 42.8 Å². The Morgan fingerprint density at radius 1 is 1.00 bits per heavy atom. The van der Waals surface area contributed by atoms with Crippen molar-refractivity contribution in [2.45, 2.75) is 11.9 Å². The number of aromatic nitrogens is 2. The summed E-state index contributed by atoms with van der Waals surface area (Å²) >= 11 is 3.04. The fraction of sp³-hybridized carbons (Fsp3) is 0.0800. The van der Waals surface area contributed by atoms with E-state index in [4.69, 9.17) is 0 Å². The van der Waals surface area contributed by atoms with Gasteiger partial charge < -0.3 is 5.32 Å². The molecule has 6 heteroatoms. The number of amides is 1. The van der Waals surface area contributed by atoms with Crippen LogP contribution in [0.4, 0.5) is 5.69 Å². The number of thioether (sulfide) groups is 1. The molecular weight excluding hydrogens is 422 g/mol. The molecule has 0 fully saturated rings. The first kappa shape index (κ1) is 19.7. The molecule has 0 radical (unpaired) electrons. The summed E-state index contributed by atoms with van der Waals surface area (Å²) in [5, 5.41) is 9.14. The SMILES string of the molecule is Cc1ccc(-c2csc3ncnc(SCC(=O)Nc4cccc5ccccc45)c23)cc1. The van der Waals surface area contributed by atoms with Crippen molar-refractivity contribution >= 4 is 55.7 Å². The lowest BCUT2D eigenvalue weighted by molar-refractivity contribution is -0.113. The molecular formula is C25H19N3OS2. The smallest absolute Gasteiger partial charge is 0.234 e. The Morgan fingerprint density at radius 3 is 2.68 bits per heavy atom. The van der Waals surface area contributed by atoms with Crippen molar-refractivity contribution in [3.05, 3.63) is 84.0 Å². The van der Waals surface area contributed by atoms with Crippen molar-refractivity contribution < 1.29 is 4.79 Å². The molecule has 0 aliphatic rings. The summed E-state index contributed by atoms with van der Waals surface area (Å²) in [5.74, 6) is 0.221. The Balaban J connectivity index is 1.39. The van der Waals surface area contributed by atoms with Crippen LogP contribution in [0.3, 0.4) is 0 Å². The van der Waals surface area contributed by atoms with E-state index >= 15 is 0 Å². The number of carbonyl (C=O) groups excluding carboxylic acids is 1. The maximum atomic E-state index is 12.7. The second-order valence-electron chi connectivity index (χ2n) is 7.24. The molecule has 0 spiro atoms. The third kappa shape index (κ3) is 4.04. The number of nitrogens with zero attached hydrogens (tertiary/aromatic N) is 2. The number of anilines is 1. The van der Waals surface area contributed by atoms with Gasteiger partial charge in [-0.1, -0.05) is 78.0 Å². The number of nitrogens with one attached hydrogen (secondary N) is 1. The normalized spacial score (nSPS) is 11.1. The highest BCUT2D eigenvalue weighted by Crippen LogP contribution is 2.38. The second kappa shape index (κ2) is 8.49. The monoisotopic (exact) mass is 441 g/mol. The lowest BCUT2D eigenvalue weighted by Gasteiger charge is -2.09. The van der Waals surface area contributed by atoms with Gasteiger partial charge in [0.25, 0.3) is 0 Å². The van der Waals surface area contributed by atoms with Gasteiger partial charge in [0, 0.05) is 22.0 Å². The average Bonchev–Trinajstić information content (AvgIpc) is 3.23. The van der Waals surface area contributed by atoms with Gasteiger partial charge in [0.2, 0.25) is 5.91 Å². The number of hydrogen-bond acceptors (Lipinski definition) is 5. The average molecular weight is 442 g/mol. The third-order valence-corrected chi connectivity index (χ3v) is 6.98. The topological polar surface area (TPSA) is 54.9 Å². The summed E-state index contributed by atoms with van der Waals surface area (Å²) in [6.45, 7) is 2.08. The number of carbonyl (C=O) groups is 1. The first-order valence-corrected chi connectivity index (χ1v) is 11.8. The molecule has 5 aromatic rings. The fourth-order valence-corrected chi connectivity index (χ4v) is 5.35. The van der Waals surface area contributed by atoms with Crippen molar-refractivity contribution in [2.75, 3.05) is 11.1 Å². The highest BCUT2D eigenvalue weighted by atomic mass is 32.2. The molecule has 152 valence electrons. The van der Waals surface area contributed by atoms with Crippen molar-refractivity contribution in [1.29, 1.82) is 0 Å². The molecule has 3 aromatic carbocycles. The lowest BCUT2D eigenvalue weighted by Crippen LogP contribution is -2.14. The summed E-state index contributed by atoms with van der Waals surface area (Å²) in [6, 6.07) is 22.4. The zero-order valence-corrected chi connectivity index (χ0v) is 18.5. The molecule has 0 saturated carbocycles. The molecule has 1 N–H and O–H groups in total. The van der Waals surface area contributed by atoms with E-state index in [1.165, 1.54) is 17.3 Å². The number of aryl methyl sites for hydroxylation is 1. The van der Waals surface area contributed by atoms with E-state index in [1.54, 1.807) is 17.7 Å². The fourth-order valence-electron chi connectivity index (χ4n) is 3.56. The van der Waals surface area contributed by atoms with Crippen LogP contribution in [0.5, 0.6) is 0 Å². The number of benzene rings is 3. The molecule has 0 bridgehead atoms. The lowest BCUT2D eigenvalue weighted by atomic mass is 10.1. The van der Waals surface area contributed by atoms with Crippen LogP contribution in [0.1, 0.15) is 5.56 Å². The minimum atomic E-state index is -0.0553. The molecule has 0 aliphatic heterocycles. The first-order chi connectivity index (χ1) is 15.2. The molecule has 0 saturated heterocycles. The molecule has 0 unspecified atom stereocenters. The Hall–Kier alpha value is -3.22. The minimum Gasteiger partial charge on any atom is -0.325 e. The van der Waals surface area contributed by atoms with Crippen LogP contribution >= 0.6 is 23.1 Å². The van der Waals surface area contributed by atoms with Crippen molar-refractivity contribution in [3.63, 3.8) is 0 Å². The number of thiophene rings is 1. The van der Waals surface area contributed by atoms with E-state index in [1.807, 2.05) is 42.5 Å². The van der Waals surface area contributed by atoms with Crippen LogP contribution in [0.25, 0.3) is 32.1 Å². The van der Waals surface area contributed by atoms with Gasteiger partial charge in [-0.05, 0) is 23.9 Å². The summed E-state index contributed by atoms with van der Waals surface area (Å²) in [5.41, 5.74) is 4.29. The van der Waals surface area contributed by atoms with E-state index in [9.17, 15) is 4.79 Å². The Bertz CT molecular complexity index is 1390. The van der Waals surface area contributed by atoms with Crippen LogP contribution in [0.15, 0.2) is 83.5 Å². The molecule has 31 heavy (non-hydrogen) atoms. The summed E-state index contributed by atoms with van der Waals surface area (Å²) in [6.07, 6.45) is 1.57. The Morgan fingerprint density at radius 2 is 1.81 bits per heavy atom. The van der Waals surface area contributed by atoms with Crippen molar-refractivity contribution in [2.24, 2.45) is 0 Å². The Labute approximate surface area is 188 Å². The zero-order chi connectivity index (χ0) is 21.2. The van der Waals surface area contributed by atoms with Gasteiger partial charge in [-0.25, -0.2) is 9.97 Å². The number of rotatable bonds is 5. The van der Waals surface area contributed by atoms with Crippen molar-refractivity contribution in [3.8, 4) is 11.1 Å². The summed E-state index contributed by atoms with van der Waals surface area (Å²) in [4.78, 5) is 22.6. The zero-order valence-electron chi connectivity index (χ0n) is 16.8.